The standard InChI is InChI=1S/C30H36O6/c1-18(2)7-5-8-19(3)9-6-10-20(4)11-13-22-25(32)16-23-26(33)17-28(36-30(23)29(22)35)21-12-14-24(31)27(34)15-21/h7,9,11-12,14-16,28,31-32,34-35H,5-6,8,10,13,17H2,1-4H3/t28-/m1/s1. The summed E-state index contributed by atoms with van der Waals surface area (Å²) < 4.78 is 5.95. The van der Waals surface area contributed by atoms with Crippen LogP contribution < -0.4 is 4.74 Å². The SMILES string of the molecule is CC(C)=CCCC(C)=CCCC(C)=CCc1c(O)cc2c(c1O)O[C@@H](c1ccc(O)c(O)c1)CC2=O. The van der Waals surface area contributed by atoms with E-state index in [1.807, 2.05) is 13.0 Å². The van der Waals surface area contributed by atoms with Gasteiger partial charge in [0.2, 0.25) is 0 Å². The molecule has 0 saturated heterocycles. The molecular formula is C30H36O6. The molecule has 0 aromatic heterocycles. The molecule has 3 rings (SSSR count). The average Bonchev–Trinajstić information content (AvgIpc) is 2.81. The molecule has 6 heteroatoms. The normalized spacial score (nSPS) is 15.9. The molecule has 4 N–H and O–H groups in total. The zero-order valence-corrected chi connectivity index (χ0v) is 21.5. The van der Waals surface area contributed by atoms with E-state index >= 15 is 0 Å². The topological polar surface area (TPSA) is 107 Å². The molecule has 0 bridgehead atoms. The van der Waals surface area contributed by atoms with Crippen molar-refractivity contribution >= 4 is 5.78 Å². The molecule has 36 heavy (non-hydrogen) atoms. The van der Waals surface area contributed by atoms with Crippen LogP contribution in [0.25, 0.3) is 0 Å². The predicted molar refractivity (Wildman–Crippen MR) is 141 cm³/mol. The Morgan fingerprint density at radius 2 is 1.56 bits per heavy atom. The van der Waals surface area contributed by atoms with E-state index in [1.54, 1.807) is 6.07 Å². The Bertz CT molecular complexity index is 1210. The minimum absolute atomic E-state index is 0.0181. The van der Waals surface area contributed by atoms with Gasteiger partial charge in [-0.25, -0.2) is 0 Å². The van der Waals surface area contributed by atoms with Crippen LogP contribution in [0.2, 0.25) is 0 Å². The molecule has 0 spiro atoms. The molecule has 192 valence electrons. The first kappa shape index (κ1) is 26.9. The highest BCUT2D eigenvalue weighted by Gasteiger charge is 2.32. The Labute approximate surface area is 212 Å². The van der Waals surface area contributed by atoms with Crippen LogP contribution in [-0.2, 0) is 6.42 Å². The van der Waals surface area contributed by atoms with Gasteiger partial charge < -0.3 is 25.2 Å². The summed E-state index contributed by atoms with van der Waals surface area (Å²) in [4.78, 5) is 12.7. The summed E-state index contributed by atoms with van der Waals surface area (Å²) in [6.07, 6.45) is 9.90. The third kappa shape index (κ3) is 6.72. The first-order chi connectivity index (χ1) is 17.1. The maximum Gasteiger partial charge on any atom is 0.173 e. The van der Waals surface area contributed by atoms with Crippen LogP contribution in [0.4, 0.5) is 0 Å². The second kappa shape index (κ2) is 11.8. The molecule has 0 unspecified atom stereocenters. The van der Waals surface area contributed by atoms with Crippen molar-refractivity contribution in [2.45, 2.75) is 72.3 Å². The molecule has 1 atom stereocenters. The van der Waals surface area contributed by atoms with Crippen molar-refractivity contribution in [1.29, 1.82) is 0 Å². The fraction of sp³-hybridized carbons (Fsp3) is 0.367. The number of rotatable bonds is 9. The lowest BCUT2D eigenvalue weighted by molar-refractivity contribution is 0.0840. The highest BCUT2D eigenvalue weighted by molar-refractivity contribution is 6.01. The third-order valence-electron chi connectivity index (χ3n) is 6.42. The van der Waals surface area contributed by atoms with Gasteiger partial charge >= 0.3 is 0 Å². The monoisotopic (exact) mass is 492 g/mol. The van der Waals surface area contributed by atoms with Gasteiger partial charge in [-0.1, -0.05) is 41.0 Å². The zero-order valence-electron chi connectivity index (χ0n) is 21.5. The van der Waals surface area contributed by atoms with Gasteiger partial charge in [0, 0.05) is 5.56 Å². The van der Waals surface area contributed by atoms with Gasteiger partial charge in [0.1, 0.15) is 11.9 Å². The Morgan fingerprint density at radius 1 is 0.889 bits per heavy atom. The maximum absolute atomic E-state index is 12.7. The average molecular weight is 493 g/mol. The number of carbonyl (C=O) groups excluding carboxylic acids is 1. The van der Waals surface area contributed by atoms with Gasteiger partial charge in [0.25, 0.3) is 0 Å². The molecule has 1 aliphatic heterocycles. The highest BCUT2D eigenvalue weighted by Crippen LogP contribution is 2.46. The minimum atomic E-state index is -0.733. The van der Waals surface area contributed by atoms with Crippen LogP contribution in [0.15, 0.2) is 59.2 Å². The molecule has 0 amide bonds. The largest absolute Gasteiger partial charge is 0.507 e. The van der Waals surface area contributed by atoms with Crippen molar-refractivity contribution in [3.8, 4) is 28.7 Å². The van der Waals surface area contributed by atoms with E-state index in [2.05, 4.69) is 32.9 Å². The fourth-order valence-electron chi connectivity index (χ4n) is 4.21. The van der Waals surface area contributed by atoms with Crippen LogP contribution in [0, 0.1) is 0 Å². The Kier molecular flexibility index (Phi) is 8.86. The minimum Gasteiger partial charge on any atom is -0.507 e. The molecular weight excluding hydrogens is 456 g/mol. The van der Waals surface area contributed by atoms with Crippen molar-refractivity contribution in [3.63, 3.8) is 0 Å². The molecule has 1 aliphatic rings. The van der Waals surface area contributed by atoms with E-state index in [9.17, 15) is 25.2 Å². The van der Waals surface area contributed by atoms with Crippen molar-refractivity contribution in [2.24, 2.45) is 0 Å². The van der Waals surface area contributed by atoms with Gasteiger partial charge in [-0.2, -0.15) is 0 Å². The molecule has 0 radical (unpaired) electrons. The van der Waals surface area contributed by atoms with Gasteiger partial charge in [-0.15, -0.1) is 0 Å². The first-order valence-electron chi connectivity index (χ1n) is 12.3. The molecule has 1 heterocycles. The summed E-state index contributed by atoms with van der Waals surface area (Å²) in [6.45, 7) is 8.38. The lowest BCUT2D eigenvalue weighted by Crippen LogP contribution is -2.20. The second-order valence-corrected chi connectivity index (χ2v) is 9.75. The van der Waals surface area contributed by atoms with Crippen LogP contribution in [0.3, 0.4) is 0 Å². The smallest absolute Gasteiger partial charge is 0.173 e. The predicted octanol–water partition coefficient (Wildman–Crippen LogP) is 7.18. The number of ether oxygens (including phenoxy) is 1. The summed E-state index contributed by atoms with van der Waals surface area (Å²) in [6, 6.07) is 5.56. The number of aromatic hydroxyl groups is 4. The molecule has 6 nitrogen and oxygen atoms in total. The fourth-order valence-corrected chi connectivity index (χ4v) is 4.21. The van der Waals surface area contributed by atoms with E-state index in [0.29, 0.717) is 17.5 Å². The molecule has 0 aliphatic carbocycles. The highest BCUT2D eigenvalue weighted by atomic mass is 16.5. The van der Waals surface area contributed by atoms with Gasteiger partial charge in [-0.3, -0.25) is 4.79 Å². The molecule has 2 aromatic rings. The number of benzene rings is 2. The second-order valence-electron chi connectivity index (χ2n) is 9.75. The summed E-state index contributed by atoms with van der Waals surface area (Å²) in [5.41, 5.74) is 4.75. The van der Waals surface area contributed by atoms with E-state index in [4.69, 9.17) is 4.74 Å². The summed E-state index contributed by atoms with van der Waals surface area (Å²) >= 11 is 0. The van der Waals surface area contributed by atoms with Crippen molar-refractivity contribution in [3.05, 3.63) is 75.9 Å². The van der Waals surface area contributed by atoms with Gasteiger partial charge in [-0.05, 0) is 83.6 Å². The maximum atomic E-state index is 12.7. The van der Waals surface area contributed by atoms with E-state index in [0.717, 1.165) is 31.3 Å². The van der Waals surface area contributed by atoms with Crippen molar-refractivity contribution < 1.29 is 30.0 Å². The van der Waals surface area contributed by atoms with Crippen molar-refractivity contribution in [1.82, 2.24) is 0 Å². The van der Waals surface area contributed by atoms with E-state index in [-0.39, 0.29) is 46.5 Å². The van der Waals surface area contributed by atoms with Crippen LogP contribution >= 0.6 is 0 Å². The number of fused-ring (bicyclic) bond motifs is 1. The number of Topliss-reactive ketones (excluding diaryl/α,β-unsaturated/α-hetero) is 1. The number of phenols is 4. The molecule has 2 aromatic carbocycles. The number of ketones is 1. The lowest BCUT2D eigenvalue weighted by atomic mass is 9.93. The Hall–Kier alpha value is -3.67. The Morgan fingerprint density at radius 3 is 2.22 bits per heavy atom. The number of phenolic OH excluding ortho intramolecular Hbond substituents is 4. The number of hydrogen-bond donors (Lipinski definition) is 4. The number of allylic oxidation sites excluding steroid dienone is 6. The first-order valence-corrected chi connectivity index (χ1v) is 12.3. The van der Waals surface area contributed by atoms with Gasteiger partial charge in [0.15, 0.2) is 28.8 Å². The Balaban J connectivity index is 1.71. The third-order valence-corrected chi connectivity index (χ3v) is 6.42. The molecule has 0 saturated carbocycles. The molecule has 0 fully saturated rings. The van der Waals surface area contributed by atoms with Crippen LogP contribution in [0.1, 0.15) is 87.4 Å². The van der Waals surface area contributed by atoms with Crippen LogP contribution in [-0.4, -0.2) is 26.2 Å². The van der Waals surface area contributed by atoms with Gasteiger partial charge in [0.05, 0.1) is 12.0 Å². The van der Waals surface area contributed by atoms with E-state index in [1.165, 1.54) is 29.3 Å². The summed E-state index contributed by atoms with van der Waals surface area (Å²) in [7, 11) is 0. The lowest BCUT2D eigenvalue weighted by Gasteiger charge is -2.27. The number of carbonyl (C=O) groups is 1. The summed E-state index contributed by atoms with van der Waals surface area (Å²) in [5, 5.41) is 40.8. The number of hydrogen-bond acceptors (Lipinski definition) is 6. The van der Waals surface area contributed by atoms with Crippen molar-refractivity contribution in [2.75, 3.05) is 0 Å². The zero-order chi connectivity index (χ0) is 26.4. The van der Waals surface area contributed by atoms with E-state index < -0.39 is 6.10 Å². The summed E-state index contributed by atoms with van der Waals surface area (Å²) in [5.74, 6) is -1.26. The van der Waals surface area contributed by atoms with Crippen LogP contribution in [0.5, 0.6) is 28.7 Å². The quantitative estimate of drug-likeness (QED) is 0.218.